The molecule has 0 bridgehead atoms. The molecule has 0 saturated heterocycles. The molecule has 1 atom stereocenters. The molecule has 0 heterocycles. The van der Waals surface area contributed by atoms with Crippen molar-refractivity contribution in [1.29, 1.82) is 0 Å². The minimum absolute atomic E-state index is 0.0760. The fourth-order valence-corrected chi connectivity index (χ4v) is 2.01. The van der Waals surface area contributed by atoms with Crippen molar-refractivity contribution in [1.82, 2.24) is 0 Å². The van der Waals surface area contributed by atoms with E-state index in [2.05, 4.69) is 20.8 Å². The summed E-state index contributed by atoms with van der Waals surface area (Å²) in [7, 11) is 0. The Hall–Kier alpha value is -0.440. The van der Waals surface area contributed by atoms with E-state index in [-0.39, 0.29) is 12.0 Å². The zero-order valence-corrected chi connectivity index (χ0v) is 11.8. The van der Waals surface area contributed by atoms with Crippen LogP contribution in [-0.4, -0.2) is 17.8 Å². The molecular weight excluding hydrogens is 259 g/mol. The molecule has 0 radical (unpaired) electrons. The van der Waals surface area contributed by atoms with Crippen molar-refractivity contribution >= 4 is 23.2 Å². The van der Waals surface area contributed by atoms with Crippen molar-refractivity contribution in [2.75, 3.05) is 6.61 Å². The summed E-state index contributed by atoms with van der Waals surface area (Å²) < 4.78 is 5.46. The maximum Gasteiger partial charge on any atom is 0.138 e. The fraction of sp³-hybridized carbons (Fsp3) is 0.538. The van der Waals surface area contributed by atoms with Gasteiger partial charge in [-0.15, -0.1) is 0 Å². The van der Waals surface area contributed by atoms with Crippen molar-refractivity contribution < 1.29 is 9.84 Å². The maximum absolute atomic E-state index is 9.80. The van der Waals surface area contributed by atoms with Gasteiger partial charge >= 0.3 is 0 Å². The second-order valence-corrected chi connectivity index (χ2v) is 6.15. The first-order valence-corrected chi connectivity index (χ1v) is 6.29. The molecule has 0 amide bonds. The van der Waals surface area contributed by atoms with Crippen LogP contribution in [0.25, 0.3) is 0 Å². The molecule has 1 aromatic carbocycles. The van der Waals surface area contributed by atoms with Crippen LogP contribution in [-0.2, 0) is 0 Å². The molecule has 1 N–H and O–H groups in total. The Morgan fingerprint density at radius 1 is 1.29 bits per heavy atom. The van der Waals surface area contributed by atoms with Gasteiger partial charge in [-0.3, -0.25) is 0 Å². The molecule has 0 fully saturated rings. The number of aliphatic hydroxyl groups is 1. The number of hydrogen-bond acceptors (Lipinski definition) is 2. The number of halogens is 2. The average molecular weight is 277 g/mol. The number of aliphatic hydroxyl groups excluding tert-OH is 1. The van der Waals surface area contributed by atoms with Gasteiger partial charge in [-0.25, -0.2) is 0 Å². The summed E-state index contributed by atoms with van der Waals surface area (Å²) in [5.74, 6) is 0.545. The average Bonchev–Trinajstić information content (AvgIpc) is 2.13. The Labute approximate surface area is 113 Å². The summed E-state index contributed by atoms with van der Waals surface area (Å²) in [6.45, 7) is 6.46. The number of ether oxygens (including phenoxy) is 1. The van der Waals surface area contributed by atoms with E-state index in [9.17, 15) is 5.11 Å². The van der Waals surface area contributed by atoms with Gasteiger partial charge in [0.25, 0.3) is 0 Å². The molecule has 1 aromatic rings. The standard InChI is InChI=1S/C13H18Cl2O2/c1-13(2,3)7-10(16)8-17-12-5-4-9(14)6-11(12)15/h4-6,10,16H,7-8H2,1-3H3. The Kier molecular flexibility index (Phi) is 5.11. The third-order valence-electron chi connectivity index (χ3n) is 2.17. The Morgan fingerprint density at radius 3 is 2.47 bits per heavy atom. The molecule has 0 aliphatic rings. The van der Waals surface area contributed by atoms with Gasteiger partial charge in [-0.1, -0.05) is 44.0 Å². The summed E-state index contributed by atoms with van der Waals surface area (Å²) in [6.07, 6.45) is 0.180. The maximum atomic E-state index is 9.80. The predicted molar refractivity (Wildman–Crippen MR) is 72.0 cm³/mol. The smallest absolute Gasteiger partial charge is 0.138 e. The number of benzene rings is 1. The van der Waals surface area contributed by atoms with Crippen LogP contribution in [0.15, 0.2) is 18.2 Å². The van der Waals surface area contributed by atoms with Gasteiger partial charge in [0.15, 0.2) is 0 Å². The van der Waals surface area contributed by atoms with E-state index in [1.807, 2.05) is 0 Å². The lowest BCUT2D eigenvalue weighted by Gasteiger charge is -2.22. The van der Waals surface area contributed by atoms with Gasteiger partial charge in [0.1, 0.15) is 12.4 Å². The van der Waals surface area contributed by atoms with Crippen LogP contribution in [0.5, 0.6) is 5.75 Å². The molecule has 96 valence electrons. The van der Waals surface area contributed by atoms with Crippen molar-refractivity contribution in [2.45, 2.75) is 33.3 Å². The number of rotatable bonds is 4. The fourth-order valence-electron chi connectivity index (χ4n) is 1.54. The third kappa shape index (κ3) is 5.62. The third-order valence-corrected chi connectivity index (χ3v) is 2.70. The first-order valence-electron chi connectivity index (χ1n) is 5.54. The van der Waals surface area contributed by atoms with Crippen molar-refractivity contribution in [3.63, 3.8) is 0 Å². The molecule has 2 nitrogen and oxygen atoms in total. The van der Waals surface area contributed by atoms with Gasteiger partial charge in [0.05, 0.1) is 11.1 Å². The van der Waals surface area contributed by atoms with Crippen LogP contribution >= 0.6 is 23.2 Å². The molecule has 4 heteroatoms. The SMILES string of the molecule is CC(C)(C)CC(O)COc1ccc(Cl)cc1Cl. The highest BCUT2D eigenvalue weighted by molar-refractivity contribution is 6.35. The van der Waals surface area contributed by atoms with Crippen LogP contribution in [0.2, 0.25) is 10.0 Å². The summed E-state index contributed by atoms with van der Waals surface area (Å²) in [5, 5.41) is 10.8. The predicted octanol–water partition coefficient (Wildman–Crippen LogP) is 4.17. The second kappa shape index (κ2) is 5.94. The molecule has 0 saturated carbocycles. The lowest BCUT2D eigenvalue weighted by molar-refractivity contribution is 0.0711. The summed E-state index contributed by atoms with van der Waals surface area (Å²) in [6, 6.07) is 5.03. The van der Waals surface area contributed by atoms with E-state index in [0.29, 0.717) is 22.2 Å². The normalized spacial score (nSPS) is 13.5. The zero-order valence-electron chi connectivity index (χ0n) is 10.3. The quantitative estimate of drug-likeness (QED) is 0.895. The minimum Gasteiger partial charge on any atom is -0.489 e. The number of hydrogen-bond donors (Lipinski definition) is 1. The molecule has 0 aliphatic heterocycles. The van der Waals surface area contributed by atoms with Gasteiger partial charge in [-0.05, 0) is 30.0 Å². The van der Waals surface area contributed by atoms with Crippen molar-refractivity contribution in [3.05, 3.63) is 28.2 Å². The monoisotopic (exact) mass is 276 g/mol. The van der Waals surface area contributed by atoms with Crippen LogP contribution in [0.3, 0.4) is 0 Å². The highest BCUT2D eigenvalue weighted by Gasteiger charge is 2.17. The van der Waals surface area contributed by atoms with Crippen molar-refractivity contribution in [3.8, 4) is 5.75 Å². The minimum atomic E-state index is -0.498. The first-order chi connectivity index (χ1) is 7.78. The summed E-state index contributed by atoms with van der Waals surface area (Å²) in [4.78, 5) is 0. The van der Waals surface area contributed by atoms with E-state index in [4.69, 9.17) is 27.9 Å². The molecule has 0 aliphatic carbocycles. The largest absolute Gasteiger partial charge is 0.489 e. The van der Waals surface area contributed by atoms with Crippen LogP contribution < -0.4 is 4.74 Å². The molecule has 0 spiro atoms. The second-order valence-electron chi connectivity index (χ2n) is 5.30. The Bertz CT molecular complexity index is 372. The molecule has 1 unspecified atom stereocenters. The molecule has 0 aromatic heterocycles. The highest BCUT2D eigenvalue weighted by atomic mass is 35.5. The van der Waals surface area contributed by atoms with Crippen LogP contribution in [0.4, 0.5) is 0 Å². The van der Waals surface area contributed by atoms with E-state index >= 15 is 0 Å². The van der Waals surface area contributed by atoms with Crippen LogP contribution in [0.1, 0.15) is 27.2 Å². The summed E-state index contributed by atoms with van der Waals surface area (Å²) >= 11 is 11.7. The molecule has 17 heavy (non-hydrogen) atoms. The first kappa shape index (κ1) is 14.6. The van der Waals surface area contributed by atoms with E-state index in [0.717, 1.165) is 0 Å². The van der Waals surface area contributed by atoms with Gasteiger partial charge in [0.2, 0.25) is 0 Å². The highest BCUT2D eigenvalue weighted by Crippen LogP contribution is 2.28. The van der Waals surface area contributed by atoms with Gasteiger partial charge < -0.3 is 9.84 Å². The topological polar surface area (TPSA) is 29.5 Å². The molecular formula is C13H18Cl2O2. The summed E-state index contributed by atoms with van der Waals surface area (Å²) in [5.41, 5.74) is 0.0760. The Balaban J connectivity index is 2.50. The van der Waals surface area contributed by atoms with Crippen LogP contribution in [0, 0.1) is 5.41 Å². The van der Waals surface area contributed by atoms with Gasteiger partial charge in [0, 0.05) is 5.02 Å². The zero-order chi connectivity index (χ0) is 13.1. The van der Waals surface area contributed by atoms with E-state index < -0.39 is 6.10 Å². The van der Waals surface area contributed by atoms with E-state index in [1.54, 1.807) is 18.2 Å². The Morgan fingerprint density at radius 2 is 1.94 bits per heavy atom. The molecule has 1 rings (SSSR count). The lowest BCUT2D eigenvalue weighted by Crippen LogP contribution is -2.23. The lowest BCUT2D eigenvalue weighted by atomic mass is 9.89. The van der Waals surface area contributed by atoms with Gasteiger partial charge in [-0.2, -0.15) is 0 Å². The van der Waals surface area contributed by atoms with E-state index in [1.165, 1.54) is 0 Å². The van der Waals surface area contributed by atoms with Crippen molar-refractivity contribution in [2.24, 2.45) is 5.41 Å².